The van der Waals surface area contributed by atoms with E-state index in [0.717, 1.165) is 45.8 Å². The second-order valence-electron chi connectivity index (χ2n) is 4.37. The van der Waals surface area contributed by atoms with Gasteiger partial charge in [0.1, 0.15) is 0 Å². The summed E-state index contributed by atoms with van der Waals surface area (Å²) < 4.78 is 10.9. The zero-order chi connectivity index (χ0) is 10.0. The summed E-state index contributed by atoms with van der Waals surface area (Å²) in [7, 11) is 1.78. The number of nitrogens with zero attached hydrogens (tertiary/aromatic N) is 1. The van der Waals surface area contributed by atoms with Crippen LogP contribution in [-0.4, -0.2) is 50.5 Å². The van der Waals surface area contributed by atoms with Crippen molar-refractivity contribution >= 4 is 0 Å². The van der Waals surface area contributed by atoms with Gasteiger partial charge in [0.25, 0.3) is 0 Å². The Hall–Kier alpha value is -0.380. The lowest BCUT2D eigenvalue weighted by atomic mass is 9.92. The number of ether oxygens (including phenoxy) is 2. The van der Waals surface area contributed by atoms with Crippen molar-refractivity contribution in [1.82, 2.24) is 4.90 Å². The van der Waals surface area contributed by atoms with E-state index in [-0.39, 0.29) is 5.54 Å². The summed E-state index contributed by atoms with van der Waals surface area (Å²) in [5, 5.41) is 0. The summed E-state index contributed by atoms with van der Waals surface area (Å²) in [6, 6.07) is 0. The number of methoxy groups -OCH3 is 1. The molecule has 2 fully saturated rings. The van der Waals surface area contributed by atoms with Crippen LogP contribution in [-0.2, 0) is 9.47 Å². The molecule has 2 saturated heterocycles. The molecule has 1 atom stereocenters. The Balaban J connectivity index is 2.16. The fourth-order valence-corrected chi connectivity index (χ4v) is 2.66. The quantitative estimate of drug-likeness (QED) is 0.618. The molecule has 0 aromatic heterocycles. The molecule has 0 N–H and O–H groups in total. The van der Waals surface area contributed by atoms with E-state index in [4.69, 9.17) is 9.47 Å². The van der Waals surface area contributed by atoms with Gasteiger partial charge in [-0.2, -0.15) is 0 Å². The molecule has 0 bridgehead atoms. The lowest BCUT2D eigenvalue weighted by molar-refractivity contribution is 0.0407. The first-order chi connectivity index (χ1) is 6.77. The topological polar surface area (TPSA) is 21.7 Å². The maximum Gasteiger partial charge on any atom is 0.0650 e. The van der Waals surface area contributed by atoms with Crippen LogP contribution in [0.25, 0.3) is 0 Å². The van der Waals surface area contributed by atoms with Crippen molar-refractivity contribution in [2.24, 2.45) is 0 Å². The third-order valence-electron chi connectivity index (χ3n) is 3.29. The highest BCUT2D eigenvalue weighted by Crippen LogP contribution is 2.36. The fraction of sp³-hybridized carbons (Fsp3) is 0.818. The Morgan fingerprint density at radius 2 is 2.43 bits per heavy atom. The van der Waals surface area contributed by atoms with Crippen LogP contribution in [0.2, 0.25) is 0 Å². The van der Waals surface area contributed by atoms with E-state index >= 15 is 0 Å². The molecule has 2 rings (SSSR count). The molecule has 0 unspecified atom stereocenters. The smallest absolute Gasteiger partial charge is 0.0650 e. The molecule has 14 heavy (non-hydrogen) atoms. The van der Waals surface area contributed by atoms with Crippen molar-refractivity contribution in [3.63, 3.8) is 0 Å². The van der Waals surface area contributed by atoms with Gasteiger partial charge in [-0.15, -0.1) is 0 Å². The lowest BCUT2D eigenvalue weighted by Gasteiger charge is -2.35. The van der Waals surface area contributed by atoms with Crippen LogP contribution in [0.15, 0.2) is 12.2 Å². The molecule has 3 heteroatoms. The highest BCUT2D eigenvalue weighted by molar-refractivity contribution is 5.15. The maximum atomic E-state index is 5.51. The van der Waals surface area contributed by atoms with Gasteiger partial charge in [-0.25, -0.2) is 0 Å². The molecule has 0 aromatic carbocycles. The average molecular weight is 197 g/mol. The predicted molar refractivity (Wildman–Crippen MR) is 55.4 cm³/mol. The standard InChI is InChI=1S/C11H19NO2/c1-10-7-11(9-13-2)3-5-14-6-4-12(11)8-10/h1,3-9H2,2H3/t11-/m0/s1. The summed E-state index contributed by atoms with van der Waals surface area (Å²) >= 11 is 0. The van der Waals surface area contributed by atoms with Crippen molar-refractivity contribution in [2.75, 3.05) is 40.0 Å². The van der Waals surface area contributed by atoms with E-state index < -0.39 is 0 Å². The largest absolute Gasteiger partial charge is 0.383 e. The van der Waals surface area contributed by atoms with Crippen LogP contribution in [0, 0.1) is 0 Å². The minimum atomic E-state index is 0.183. The molecule has 0 aliphatic carbocycles. The second kappa shape index (κ2) is 4.01. The molecule has 0 radical (unpaired) electrons. The van der Waals surface area contributed by atoms with Crippen molar-refractivity contribution in [3.8, 4) is 0 Å². The molecule has 0 saturated carbocycles. The molecule has 2 aliphatic heterocycles. The molecular weight excluding hydrogens is 178 g/mol. The van der Waals surface area contributed by atoms with Gasteiger partial charge in [-0.1, -0.05) is 12.2 Å². The van der Waals surface area contributed by atoms with Crippen molar-refractivity contribution in [2.45, 2.75) is 18.4 Å². The Labute approximate surface area is 85.7 Å². The van der Waals surface area contributed by atoms with E-state index in [1.54, 1.807) is 7.11 Å². The first kappa shape index (κ1) is 10.1. The summed E-state index contributed by atoms with van der Waals surface area (Å²) in [5.74, 6) is 0. The van der Waals surface area contributed by atoms with Crippen molar-refractivity contribution in [1.29, 1.82) is 0 Å². The SMILES string of the molecule is C=C1CN2CCOCC[C@@]2(COC)C1. The molecule has 0 amide bonds. The van der Waals surface area contributed by atoms with Gasteiger partial charge in [0, 0.05) is 26.8 Å². The Morgan fingerprint density at radius 3 is 3.21 bits per heavy atom. The van der Waals surface area contributed by atoms with E-state index in [2.05, 4.69) is 11.5 Å². The van der Waals surface area contributed by atoms with Crippen LogP contribution >= 0.6 is 0 Å². The fourth-order valence-electron chi connectivity index (χ4n) is 2.66. The predicted octanol–water partition coefficient (Wildman–Crippen LogP) is 1.05. The molecule has 80 valence electrons. The van der Waals surface area contributed by atoms with E-state index in [1.807, 2.05) is 0 Å². The normalized spacial score (nSPS) is 34.2. The van der Waals surface area contributed by atoms with Crippen LogP contribution in [0.5, 0.6) is 0 Å². The van der Waals surface area contributed by atoms with Gasteiger partial charge in [0.05, 0.1) is 18.8 Å². The van der Waals surface area contributed by atoms with E-state index in [0.29, 0.717) is 0 Å². The zero-order valence-electron chi connectivity index (χ0n) is 8.92. The minimum absolute atomic E-state index is 0.183. The van der Waals surface area contributed by atoms with Gasteiger partial charge in [0.15, 0.2) is 0 Å². The average Bonchev–Trinajstić information content (AvgIpc) is 2.31. The van der Waals surface area contributed by atoms with Gasteiger partial charge < -0.3 is 9.47 Å². The maximum absolute atomic E-state index is 5.51. The summed E-state index contributed by atoms with van der Waals surface area (Å²) in [6.07, 6.45) is 2.14. The second-order valence-corrected chi connectivity index (χ2v) is 4.37. The van der Waals surface area contributed by atoms with Gasteiger partial charge in [-0.05, 0) is 12.8 Å². The third kappa shape index (κ3) is 1.72. The van der Waals surface area contributed by atoms with E-state index in [9.17, 15) is 0 Å². The summed E-state index contributed by atoms with van der Waals surface area (Å²) in [6.45, 7) is 8.64. The number of hydrogen-bond acceptors (Lipinski definition) is 3. The van der Waals surface area contributed by atoms with Crippen LogP contribution < -0.4 is 0 Å². The van der Waals surface area contributed by atoms with Crippen LogP contribution in [0.4, 0.5) is 0 Å². The van der Waals surface area contributed by atoms with E-state index in [1.165, 1.54) is 5.57 Å². The molecule has 2 heterocycles. The highest BCUT2D eigenvalue weighted by atomic mass is 16.5. The molecule has 0 spiro atoms. The van der Waals surface area contributed by atoms with Gasteiger partial charge in [-0.3, -0.25) is 4.90 Å². The lowest BCUT2D eigenvalue weighted by Crippen LogP contribution is -2.47. The van der Waals surface area contributed by atoms with Crippen molar-refractivity contribution in [3.05, 3.63) is 12.2 Å². The summed E-state index contributed by atoms with van der Waals surface area (Å²) in [4.78, 5) is 2.48. The number of fused-ring (bicyclic) bond motifs is 1. The third-order valence-corrected chi connectivity index (χ3v) is 3.29. The first-order valence-electron chi connectivity index (χ1n) is 5.25. The Bertz CT molecular complexity index is 229. The van der Waals surface area contributed by atoms with Crippen molar-refractivity contribution < 1.29 is 9.47 Å². The molecule has 3 nitrogen and oxygen atoms in total. The molecule has 0 aromatic rings. The number of hydrogen-bond donors (Lipinski definition) is 0. The monoisotopic (exact) mass is 197 g/mol. The Kier molecular flexibility index (Phi) is 2.91. The molecular formula is C11H19NO2. The zero-order valence-corrected chi connectivity index (χ0v) is 8.92. The van der Waals surface area contributed by atoms with Crippen LogP contribution in [0.3, 0.4) is 0 Å². The first-order valence-corrected chi connectivity index (χ1v) is 5.25. The summed E-state index contributed by atoms with van der Waals surface area (Å²) in [5.41, 5.74) is 1.52. The van der Waals surface area contributed by atoms with Gasteiger partial charge in [0.2, 0.25) is 0 Å². The van der Waals surface area contributed by atoms with Gasteiger partial charge >= 0.3 is 0 Å². The van der Waals surface area contributed by atoms with Crippen LogP contribution in [0.1, 0.15) is 12.8 Å². The minimum Gasteiger partial charge on any atom is -0.383 e. The number of rotatable bonds is 2. The Morgan fingerprint density at radius 1 is 1.57 bits per heavy atom. The highest BCUT2D eigenvalue weighted by Gasteiger charge is 2.43. The molecule has 2 aliphatic rings.